The van der Waals surface area contributed by atoms with Crippen molar-refractivity contribution in [1.82, 2.24) is 4.90 Å². The Labute approximate surface area is 109 Å². The smallest absolute Gasteiger partial charge is 0.126 e. The van der Waals surface area contributed by atoms with E-state index >= 15 is 0 Å². The quantitative estimate of drug-likeness (QED) is 0.815. The first kappa shape index (κ1) is 13.1. The van der Waals surface area contributed by atoms with Gasteiger partial charge in [0.1, 0.15) is 5.75 Å². The summed E-state index contributed by atoms with van der Waals surface area (Å²) in [6.45, 7) is 5.92. The van der Waals surface area contributed by atoms with Crippen molar-refractivity contribution in [3.05, 3.63) is 35.9 Å². The van der Waals surface area contributed by atoms with Gasteiger partial charge >= 0.3 is 0 Å². The fraction of sp³-hybridized carbons (Fsp3) is 0.467. The Morgan fingerprint density at radius 3 is 2.72 bits per heavy atom. The van der Waals surface area contributed by atoms with Crippen molar-refractivity contribution < 1.29 is 9.47 Å². The summed E-state index contributed by atoms with van der Waals surface area (Å²) in [6.07, 6.45) is 4.36. The van der Waals surface area contributed by atoms with Crippen molar-refractivity contribution in [2.24, 2.45) is 0 Å². The highest BCUT2D eigenvalue weighted by molar-refractivity contribution is 5.57. The van der Waals surface area contributed by atoms with E-state index in [0.717, 1.165) is 37.6 Å². The van der Waals surface area contributed by atoms with Crippen molar-refractivity contribution in [2.75, 3.05) is 33.4 Å². The van der Waals surface area contributed by atoms with E-state index in [4.69, 9.17) is 9.47 Å². The number of para-hydroxylation sites is 1. The minimum absolute atomic E-state index is 0.429. The summed E-state index contributed by atoms with van der Waals surface area (Å²) >= 11 is 0. The van der Waals surface area contributed by atoms with Gasteiger partial charge in [-0.25, -0.2) is 0 Å². The molecule has 1 aliphatic heterocycles. The topological polar surface area (TPSA) is 21.7 Å². The molecule has 1 aromatic carbocycles. The van der Waals surface area contributed by atoms with E-state index in [1.807, 2.05) is 18.2 Å². The number of benzene rings is 1. The maximum Gasteiger partial charge on any atom is 0.126 e. The number of ether oxygens (including phenoxy) is 2. The van der Waals surface area contributed by atoms with Crippen LogP contribution in [0.5, 0.6) is 5.75 Å². The van der Waals surface area contributed by atoms with E-state index in [9.17, 15) is 0 Å². The van der Waals surface area contributed by atoms with Crippen molar-refractivity contribution in [3.63, 3.8) is 0 Å². The van der Waals surface area contributed by atoms with Crippen LogP contribution in [-0.4, -0.2) is 44.4 Å². The van der Waals surface area contributed by atoms with Gasteiger partial charge in [-0.1, -0.05) is 30.4 Å². The van der Waals surface area contributed by atoms with Crippen LogP contribution in [0.4, 0.5) is 0 Å². The molecule has 1 saturated heterocycles. The molecule has 3 heteroatoms. The third-order valence-electron chi connectivity index (χ3n) is 3.31. The molecule has 18 heavy (non-hydrogen) atoms. The van der Waals surface area contributed by atoms with Crippen LogP contribution in [0.2, 0.25) is 0 Å². The third kappa shape index (κ3) is 3.34. The van der Waals surface area contributed by atoms with Crippen molar-refractivity contribution in [3.8, 4) is 5.75 Å². The molecule has 98 valence electrons. The average molecular weight is 247 g/mol. The van der Waals surface area contributed by atoms with E-state index in [2.05, 4.69) is 30.0 Å². The van der Waals surface area contributed by atoms with E-state index in [1.165, 1.54) is 0 Å². The van der Waals surface area contributed by atoms with Crippen LogP contribution < -0.4 is 4.74 Å². The van der Waals surface area contributed by atoms with Crippen LogP contribution >= 0.6 is 0 Å². The van der Waals surface area contributed by atoms with Gasteiger partial charge in [0.25, 0.3) is 0 Å². The molecular formula is C15H21NO2. The second-order valence-corrected chi connectivity index (χ2v) is 4.49. The molecule has 1 fully saturated rings. The molecule has 1 aliphatic rings. The Bertz CT molecular complexity index is 397. The number of hydrogen-bond donors (Lipinski definition) is 0. The fourth-order valence-corrected chi connectivity index (χ4v) is 2.15. The molecule has 1 aromatic rings. The van der Waals surface area contributed by atoms with Crippen LogP contribution in [-0.2, 0) is 4.74 Å². The lowest BCUT2D eigenvalue weighted by molar-refractivity contribution is 0.0288. The Hall–Kier alpha value is -1.32. The van der Waals surface area contributed by atoms with Crippen LogP contribution in [0.3, 0.4) is 0 Å². The zero-order valence-corrected chi connectivity index (χ0v) is 11.1. The van der Waals surface area contributed by atoms with Gasteiger partial charge in [0.05, 0.1) is 20.3 Å². The molecule has 0 radical (unpaired) electrons. The van der Waals surface area contributed by atoms with Gasteiger partial charge in [0.15, 0.2) is 0 Å². The van der Waals surface area contributed by atoms with Crippen LogP contribution in [0.1, 0.15) is 12.5 Å². The molecule has 3 nitrogen and oxygen atoms in total. The Kier molecular flexibility index (Phi) is 4.79. The molecule has 1 heterocycles. The minimum atomic E-state index is 0.429. The van der Waals surface area contributed by atoms with Crippen molar-refractivity contribution in [1.29, 1.82) is 0 Å². The minimum Gasteiger partial charge on any atom is -0.496 e. The van der Waals surface area contributed by atoms with E-state index in [0.29, 0.717) is 6.04 Å². The first-order valence-corrected chi connectivity index (χ1v) is 6.44. The lowest BCUT2D eigenvalue weighted by Gasteiger charge is -2.30. The number of methoxy groups -OCH3 is 1. The van der Waals surface area contributed by atoms with Gasteiger partial charge in [-0.05, 0) is 13.0 Å². The van der Waals surface area contributed by atoms with Crippen LogP contribution in [0, 0.1) is 0 Å². The molecule has 2 rings (SSSR count). The molecule has 1 atom stereocenters. The zero-order chi connectivity index (χ0) is 12.8. The number of nitrogens with zero attached hydrogens (tertiary/aromatic N) is 1. The normalized spacial score (nSPS) is 19.0. The monoisotopic (exact) mass is 247 g/mol. The molecule has 0 bridgehead atoms. The van der Waals surface area contributed by atoms with Crippen molar-refractivity contribution in [2.45, 2.75) is 13.0 Å². The van der Waals surface area contributed by atoms with E-state index in [-0.39, 0.29) is 0 Å². The Morgan fingerprint density at radius 1 is 1.28 bits per heavy atom. The second kappa shape index (κ2) is 6.57. The average Bonchev–Trinajstić information content (AvgIpc) is 2.46. The summed E-state index contributed by atoms with van der Waals surface area (Å²) < 4.78 is 10.7. The number of hydrogen-bond acceptors (Lipinski definition) is 3. The largest absolute Gasteiger partial charge is 0.496 e. The fourth-order valence-electron chi connectivity index (χ4n) is 2.15. The molecule has 0 aromatic heterocycles. The lowest BCUT2D eigenvalue weighted by Crippen LogP contribution is -2.41. The second-order valence-electron chi connectivity index (χ2n) is 4.49. The SMILES string of the molecule is COc1ccccc1/C=C/[C@H](C)N1CCOCC1. The molecular weight excluding hydrogens is 226 g/mol. The lowest BCUT2D eigenvalue weighted by atomic mass is 10.1. The summed E-state index contributed by atoms with van der Waals surface area (Å²) in [5.41, 5.74) is 1.13. The number of rotatable bonds is 4. The molecule has 0 N–H and O–H groups in total. The maximum absolute atomic E-state index is 5.36. The first-order chi connectivity index (χ1) is 8.81. The van der Waals surface area contributed by atoms with Crippen molar-refractivity contribution >= 4 is 6.08 Å². The van der Waals surface area contributed by atoms with Crippen LogP contribution in [0.25, 0.3) is 6.08 Å². The highest BCUT2D eigenvalue weighted by atomic mass is 16.5. The molecule has 0 amide bonds. The third-order valence-corrected chi connectivity index (χ3v) is 3.31. The summed E-state index contributed by atoms with van der Waals surface area (Å²) in [6, 6.07) is 8.50. The predicted octanol–water partition coefficient (Wildman–Crippen LogP) is 2.43. The Balaban J connectivity index is 2.00. The highest BCUT2D eigenvalue weighted by Gasteiger charge is 2.14. The van der Waals surface area contributed by atoms with Gasteiger partial charge < -0.3 is 9.47 Å². The molecule has 0 spiro atoms. The van der Waals surface area contributed by atoms with Gasteiger partial charge in [0, 0.05) is 24.7 Å². The highest BCUT2D eigenvalue weighted by Crippen LogP contribution is 2.19. The molecule has 0 aliphatic carbocycles. The van der Waals surface area contributed by atoms with Gasteiger partial charge in [-0.15, -0.1) is 0 Å². The standard InChI is InChI=1S/C15H21NO2/c1-13(16-9-11-18-12-10-16)7-8-14-5-3-4-6-15(14)17-2/h3-8,13H,9-12H2,1-2H3/b8-7+/t13-/m0/s1. The first-order valence-electron chi connectivity index (χ1n) is 6.44. The van der Waals surface area contributed by atoms with Gasteiger partial charge in [-0.2, -0.15) is 0 Å². The summed E-state index contributed by atoms with van der Waals surface area (Å²) in [7, 11) is 1.71. The Morgan fingerprint density at radius 2 is 2.00 bits per heavy atom. The molecule has 0 unspecified atom stereocenters. The molecule has 0 saturated carbocycles. The van der Waals surface area contributed by atoms with Gasteiger partial charge in [-0.3, -0.25) is 4.90 Å². The summed E-state index contributed by atoms with van der Waals surface area (Å²) in [5.74, 6) is 0.919. The summed E-state index contributed by atoms with van der Waals surface area (Å²) in [5, 5.41) is 0. The van der Waals surface area contributed by atoms with Gasteiger partial charge in [0.2, 0.25) is 0 Å². The zero-order valence-electron chi connectivity index (χ0n) is 11.1. The summed E-state index contributed by atoms with van der Waals surface area (Å²) in [4.78, 5) is 2.43. The number of morpholine rings is 1. The predicted molar refractivity (Wildman–Crippen MR) is 73.9 cm³/mol. The maximum atomic E-state index is 5.36. The van der Waals surface area contributed by atoms with Crippen LogP contribution in [0.15, 0.2) is 30.3 Å². The van der Waals surface area contributed by atoms with E-state index < -0.39 is 0 Å². The van der Waals surface area contributed by atoms with E-state index in [1.54, 1.807) is 7.11 Å².